The molecule has 1 saturated carbocycles. The maximum Gasteiger partial charge on any atom is 0.257 e. The third-order valence-corrected chi connectivity index (χ3v) is 3.55. The van der Waals surface area contributed by atoms with Crippen molar-refractivity contribution in [3.63, 3.8) is 0 Å². The van der Waals surface area contributed by atoms with Crippen molar-refractivity contribution in [1.29, 1.82) is 0 Å². The Morgan fingerprint density at radius 2 is 1.69 bits per heavy atom. The molecule has 0 amide bonds. The van der Waals surface area contributed by atoms with Crippen molar-refractivity contribution in [2.24, 2.45) is 11.8 Å². The summed E-state index contributed by atoms with van der Waals surface area (Å²) in [5.74, 6) is -3.46. The summed E-state index contributed by atoms with van der Waals surface area (Å²) in [6.45, 7) is 4.61. The van der Waals surface area contributed by atoms with E-state index < -0.39 is 28.7 Å². The molecule has 1 heterocycles. The van der Waals surface area contributed by atoms with Crippen molar-refractivity contribution >= 4 is 11.0 Å². The van der Waals surface area contributed by atoms with Crippen molar-refractivity contribution in [2.75, 3.05) is 19.3 Å². The molecule has 3 unspecified atom stereocenters. The van der Waals surface area contributed by atoms with Gasteiger partial charge >= 0.3 is 0 Å². The van der Waals surface area contributed by atoms with Crippen LogP contribution < -0.4 is 0 Å². The van der Waals surface area contributed by atoms with Crippen LogP contribution in [0.4, 0.5) is 8.78 Å². The van der Waals surface area contributed by atoms with E-state index in [1.165, 1.54) is 6.26 Å². The predicted molar refractivity (Wildman–Crippen MR) is 48.9 cm³/mol. The average molecular weight is 211 g/mol. The van der Waals surface area contributed by atoms with Crippen LogP contribution >= 0.6 is 0 Å². The van der Waals surface area contributed by atoms with Gasteiger partial charge in [0.2, 0.25) is 0 Å². The number of rotatable bonds is 1. The lowest BCUT2D eigenvalue weighted by Gasteiger charge is -2.14. The molecule has 0 N–H and O–H groups in total. The molecule has 0 bridgehead atoms. The van der Waals surface area contributed by atoms with E-state index in [-0.39, 0.29) is 0 Å². The maximum atomic E-state index is 12.6. The molecule has 2 nitrogen and oxygen atoms in total. The molecular weight excluding hydrogens is 196 g/mol. The molecule has 0 spiro atoms. The van der Waals surface area contributed by atoms with Gasteiger partial charge in [-0.25, -0.2) is 17.3 Å². The number of halogens is 2. The molecule has 3 atom stereocenters. The van der Waals surface area contributed by atoms with Gasteiger partial charge in [-0.15, -0.1) is 0 Å². The summed E-state index contributed by atoms with van der Waals surface area (Å²) in [6, 6.07) is 0. The zero-order chi connectivity index (χ0) is 10.2. The van der Waals surface area contributed by atoms with E-state index in [1.807, 2.05) is 13.8 Å². The van der Waals surface area contributed by atoms with Crippen LogP contribution in [0.15, 0.2) is 0 Å². The van der Waals surface area contributed by atoms with E-state index in [1.54, 1.807) is 4.31 Å². The number of hydrogen-bond donors (Lipinski definition) is 0. The molecule has 0 aromatic carbocycles. The topological polar surface area (TPSA) is 20.3 Å². The zero-order valence-corrected chi connectivity index (χ0v) is 8.91. The summed E-state index contributed by atoms with van der Waals surface area (Å²) in [7, 11) is -1.06. The van der Waals surface area contributed by atoms with Gasteiger partial charge in [-0.1, -0.05) is 13.8 Å². The second kappa shape index (κ2) is 3.61. The lowest BCUT2D eigenvalue weighted by molar-refractivity contribution is 0.0668. The number of fused-ring (bicyclic) bond motifs is 1. The Hall–Kier alpha value is -0.0300. The van der Waals surface area contributed by atoms with Gasteiger partial charge in [-0.05, 0) is 0 Å². The molecule has 0 radical (unpaired) electrons. The van der Waals surface area contributed by atoms with E-state index in [0.29, 0.717) is 13.1 Å². The summed E-state index contributed by atoms with van der Waals surface area (Å²) < 4.78 is 37.5. The third-order valence-electron chi connectivity index (χ3n) is 2.53. The predicted octanol–water partition coefficient (Wildman–Crippen LogP) is 1.50. The smallest absolute Gasteiger partial charge is 0.243 e. The van der Waals surface area contributed by atoms with Gasteiger partial charge in [0.25, 0.3) is 5.92 Å². The molecular formula is C8H15F2NOS. The van der Waals surface area contributed by atoms with Crippen LogP contribution in [0.2, 0.25) is 0 Å². The van der Waals surface area contributed by atoms with Crippen LogP contribution in [0.5, 0.6) is 0 Å². The standard InChI is InChI=1S/C6H9F2NOS.C2H6/c1-11(10)9-2-4-5(3-9)6(4,7)8;1-2/h4-5H,2-3H2,1H3;1-2H3. The first-order chi connectivity index (χ1) is 6.03. The first-order valence-corrected chi connectivity index (χ1v) is 6.01. The average Bonchev–Trinajstić information content (AvgIpc) is 2.55. The Bertz CT molecular complexity index is 208. The monoisotopic (exact) mass is 211 g/mol. The van der Waals surface area contributed by atoms with Crippen LogP contribution in [0.25, 0.3) is 0 Å². The highest BCUT2D eigenvalue weighted by Gasteiger charge is 2.71. The van der Waals surface area contributed by atoms with E-state index in [2.05, 4.69) is 0 Å². The Balaban J connectivity index is 0.000000396. The highest BCUT2D eigenvalue weighted by atomic mass is 32.2. The van der Waals surface area contributed by atoms with Gasteiger partial charge in [0.15, 0.2) is 0 Å². The van der Waals surface area contributed by atoms with Gasteiger partial charge in [0.1, 0.15) is 0 Å². The minimum absolute atomic E-state index is 0.306. The summed E-state index contributed by atoms with van der Waals surface area (Å²) in [4.78, 5) is 0. The molecule has 13 heavy (non-hydrogen) atoms. The van der Waals surface area contributed by atoms with Crippen LogP contribution in [0.3, 0.4) is 0 Å². The fourth-order valence-electron chi connectivity index (χ4n) is 1.68. The summed E-state index contributed by atoms with van der Waals surface area (Å²) in [5, 5.41) is 0. The van der Waals surface area contributed by atoms with Crippen molar-refractivity contribution in [3.8, 4) is 0 Å². The first-order valence-electron chi connectivity index (χ1n) is 4.50. The molecule has 0 aromatic rings. The van der Waals surface area contributed by atoms with Gasteiger partial charge < -0.3 is 0 Å². The Morgan fingerprint density at radius 3 is 2.00 bits per heavy atom. The SMILES string of the molecule is CC.CS(=O)N1CC2C(C1)C2(F)F. The van der Waals surface area contributed by atoms with Crippen molar-refractivity contribution in [1.82, 2.24) is 4.31 Å². The normalized spacial score (nSPS) is 37.3. The second-order valence-electron chi connectivity index (χ2n) is 3.16. The summed E-state index contributed by atoms with van der Waals surface area (Å²) in [6.07, 6.45) is 1.53. The third kappa shape index (κ3) is 1.76. The minimum atomic E-state index is -2.45. The van der Waals surface area contributed by atoms with Crippen LogP contribution in [-0.4, -0.2) is 33.8 Å². The minimum Gasteiger partial charge on any atom is -0.243 e. The Morgan fingerprint density at radius 1 is 1.31 bits per heavy atom. The number of piperidine rings is 1. The van der Waals surface area contributed by atoms with Crippen molar-refractivity contribution < 1.29 is 13.0 Å². The molecule has 78 valence electrons. The lowest BCUT2D eigenvalue weighted by atomic mass is 10.4. The molecule has 2 aliphatic rings. The molecule has 2 fully saturated rings. The molecule has 0 aromatic heterocycles. The van der Waals surface area contributed by atoms with Crippen LogP contribution in [0, 0.1) is 11.8 Å². The zero-order valence-electron chi connectivity index (χ0n) is 8.09. The highest BCUT2D eigenvalue weighted by Crippen LogP contribution is 2.59. The first kappa shape index (κ1) is 11.0. The van der Waals surface area contributed by atoms with Gasteiger partial charge in [0.05, 0.1) is 11.0 Å². The fraction of sp³-hybridized carbons (Fsp3) is 1.00. The molecule has 5 heteroatoms. The lowest BCUT2D eigenvalue weighted by Crippen LogP contribution is -2.28. The highest BCUT2D eigenvalue weighted by molar-refractivity contribution is 7.81. The van der Waals surface area contributed by atoms with Crippen molar-refractivity contribution in [3.05, 3.63) is 0 Å². The largest absolute Gasteiger partial charge is 0.257 e. The maximum absolute atomic E-state index is 12.6. The Labute approximate surface area is 79.9 Å². The fourth-order valence-corrected chi connectivity index (χ4v) is 2.42. The van der Waals surface area contributed by atoms with E-state index in [0.717, 1.165) is 0 Å². The number of alkyl halides is 2. The number of nitrogens with zero attached hydrogens (tertiary/aromatic N) is 1. The van der Waals surface area contributed by atoms with Crippen molar-refractivity contribution in [2.45, 2.75) is 19.8 Å². The van der Waals surface area contributed by atoms with E-state index in [4.69, 9.17) is 0 Å². The van der Waals surface area contributed by atoms with Gasteiger partial charge in [-0.3, -0.25) is 0 Å². The molecule has 1 aliphatic heterocycles. The molecule has 1 aliphatic carbocycles. The second-order valence-corrected chi connectivity index (χ2v) is 4.52. The van der Waals surface area contributed by atoms with Gasteiger partial charge in [0, 0.05) is 31.2 Å². The molecule has 2 rings (SSSR count). The summed E-state index contributed by atoms with van der Waals surface area (Å²) >= 11 is 0. The number of hydrogen-bond acceptors (Lipinski definition) is 1. The van der Waals surface area contributed by atoms with Gasteiger partial charge in [-0.2, -0.15) is 0 Å². The van der Waals surface area contributed by atoms with Crippen LogP contribution in [-0.2, 0) is 11.0 Å². The van der Waals surface area contributed by atoms with Crippen LogP contribution in [0.1, 0.15) is 13.8 Å². The van der Waals surface area contributed by atoms with E-state index in [9.17, 15) is 13.0 Å². The quantitative estimate of drug-likeness (QED) is 0.643. The molecule has 1 saturated heterocycles. The van der Waals surface area contributed by atoms with E-state index >= 15 is 0 Å². The summed E-state index contributed by atoms with van der Waals surface area (Å²) in [5.41, 5.74) is 0. The Kier molecular flexibility index (Phi) is 3.07.